The van der Waals surface area contributed by atoms with Gasteiger partial charge < -0.3 is 14.6 Å². The quantitative estimate of drug-likeness (QED) is 0.573. The van der Waals surface area contributed by atoms with E-state index in [0.29, 0.717) is 31.9 Å². The summed E-state index contributed by atoms with van der Waals surface area (Å²) < 4.78 is 7.43. The number of benzene rings is 1. The molecule has 3 aromatic rings. The predicted octanol–water partition coefficient (Wildman–Crippen LogP) is 3.89. The number of anilines is 1. The van der Waals surface area contributed by atoms with Crippen LogP contribution in [0.3, 0.4) is 0 Å². The molecule has 0 spiro atoms. The molecule has 0 saturated carbocycles. The van der Waals surface area contributed by atoms with Gasteiger partial charge >= 0.3 is 0 Å². The van der Waals surface area contributed by atoms with E-state index in [9.17, 15) is 4.79 Å². The van der Waals surface area contributed by atoms with Crippen molar-refractivity contribution >= 4 is 57.3 Å². The van der Waals surface area contributed by atoms with E-state index in [2.05, 4.69) is 20.5 Å². The number of carbonyl (C=O) groups excluding carboxylic acids is 1. The largest absolute Gasteiger partial charge is 0.484 e. The normalized spacial score (nSPS) is 10.7. The molecule has 1 N–H and O–H groups in total. The molecule has 0 aliphatic rings. The van der Waals surface area contributed by atoms with Gasteiger partial charge in [-0.05, 0) is 18.2 Å². The van der Waals surface area contributed by atoms with Crippen LogP contribution in [0, 0.1) is 0 Å². The molecule has 0 radical (unpaired) electrons. The van der Waals surface area contributed by atoms with E-state index in [-0.39, 0.29) is 18.3 Å². The second-order valence-electron chi connectivity index (χ2n) is 5.00. The molecule has 3 rings (SSSR count). The summed E-state index contributed by atoms with van der Waals surface area (Å²) in [5.74, 6) is 1.17. The molecular formula is C15H13Cl2N5O2S2. The van der Waals surface area contributed by atoms with Crippen LogP contribution in [0.15, 0.2) is 34.9 Å². The average Bonchev–Trinajstić information content (AvgIpc) is 3.23. The fraction of sp³-hybridized carbons (Fsp3) is 0.200. The second kappa shape index (κ2) is 8.72. The molecule has 0 aliphatic heterocycles. The van der Waals surface area contributed by atoms with E-state index in [0.717, 1.165) is 0 Å². The maximum Gasteiger partial charge on any atom is 0.236 e. The lowest BCUT2D eigenvalue weighted by Gasteiger charge is -2.08. The van der Waals surface area contributed by atoms with Gasteiger partial charge in [-0.25, -0.2) is 4.98 Å². The zero-order valence-electron chi connectivity index (χ0n) is 13.5. The van der Waals surface area contributed by atoms with Gasteiger partial charge in [0.15, 0.2) is 16.1 Å². The van der Waals surface area contributed by atoms with Crippen molar-refractivity contribution in [2.75, 3.05) is 11.1 Å². The van der Waals surface area contributed by atoms with Crippen molar-refractivity contribution in [3.05, 3.63) is 45.6 Å². The number of nitrogens with one attached hydrogen (secondary N) is 1. The third-order valence-electron chi connectivity index (χ3n) is 3.19. The number of nitrogens with zero attached hydrogens (tertiary/aromatic N) is 4. The van der Waals surface area contributed by atoms with E-state index < -0.39 is 0 Å². The standard InChI is InChI=1S/C15H13Cl2N5O2S2/c1-22-12(7-24-11-3-2-9(16)6-10(11)17)20-21-15(22)26-8-13(23)19-14-18-4-5-25-14/h2-6H,7-8H2,1H3,(H,18,19,23). The van der Waals surface area contributed by atoms with E-state index in [1.807, 2.05) is 7.05 Å². The third kappa shape index (κ3) is 4.88. The Morgan fingerprint density at radius 1 is 1.38 bits per heavy atom. The molecule has 26 heavy (non-hydrogen) atoms. The van der Waals surface area contributed by atoms with E-state index in [1.54, 1.807) is 34.3 Å². The Bertz CT molecular complexity index is 902. The molecular weight excluding hydrogens is 417 g/mol. The van der Waals surface area contributed by atoms with Gasteiger partial charge in [0.2, 0.25) is 5.91 Å². The van der Waals surface area contributed by atoms with Crippen LogP contribution in [0.2, 0.25) is 10.0 Å². The topological polar surface area (TPSA) is 81.9 Å². The fourth-order valence-corrected chi connectivity index (χ4v) is 3.64. The first-order valence-electron chi connectivity index (χ1n) is 7.31. The lowest BCUT2D eigenvalue weighted by molar-refractivity contribution is -0.113. The molecule has 0 fully saturated rings. The Hall–Kier alpha value is -1.81. The van der Waals surface area contributed by atoms with Gasteiger partial charge in [-0.15, -0.1) is 21.5 Å². The summed E-state index contributed by atoms with van der Waals surface area (Å²) in [6, 6.07) is 5.00. The monoisotopic (exact) mass is 429 g/mol. The molecule has 2 heterocycles. The Morgan fingerprint density at radius 3 is 2.96 bits per heavy atom. The molecule has 1 aromatic carbocycles. The number of thioether (sulfide) groups is 1. The number of ether oxygens (including phenoxy) is 1. The SMILES string of the molecule is Cn1c(COc2ccc(Cl)cc2Cl)nnc1SCC(=O)Nc1nccs1. The molecule has 2 aromatic heterocycles. The highest BCUT2D eigenvalue weighted by atomic mass is 35.5. The lowest BCUT2D eigenvalue weighted by atomic mass is 10.3. The van der Waals surface area contributed by atoms with Crippen molar-refractivity contribution in [1.82, 2.24) is 19.7 Å². The summed E-state index contributed by atoms with van der Waals surface area (Å²) in [5, 5.41) is 14.8. The Labute approximate surface area is 167 Å². The Morgan fingerprint density at radius 2 is 2.23 bits per heavy atom. The minimum atomic E-state index is -0.154. The number of hydrogen-bond donors (Lipinski definition) is 1. The molecule has 0 atom stereocenters. The van der Waals surface area contributed by atoms with Gasteiger partial charge in [0.05, 0.1) is 10.8 Å². The number of carbonyl (C=O) groups is 1. The summed E-state index contributed by atoms with van der Waals surface area (Å²) in [4.78, 5) is 15.9. The van der Waals surface area contributed by atoms with Crippen LogP contribution >= 0.6 is 46.3 Å². The van der Waals surface area contributed by atoms with Crippen molar-refractivity contribution < 1.29 is 9.53 Å². The maximum atomic E-state index is 11.9. The fourth-order valence-electron chi connectivity index (χ4n) is 1.90. The smallest absolute Gasteiger partial charge is 0.236 e. The number of rotatable bonds is 7. The number of amides is 1. The summed E-state index contributed by atoms with van der Waals surface area (Å²) in [5.41, 5.74) is 0. The van der Waals surface area contributed by atoms with Crippen molar-refractivity contribution in [1.29, 1.82) is 0 Å². The van der Waals surface area contributed by atoms with Gasteiger partial charge in [-0.2, -0.15) is 0 Å². The van der Waals surface area contributed by atoms with E-state index in [4.69, 9.17) is 27.9 Å². The van der Waals surface area contributed by atoms with Gasteiger partial charge in [-0.3, -0.25) is 4.79 Å². The first-order chi connectivity index (χ1) is 12.5. The Balaban J connectivity index is 1.54. The lowest BCUT2D eigenvalue weighted by Crippen LogP contribution is -2.14. The predicted molar refractivity (Wildman–Crippen MR) is 103 cm³/mol. The van der Waals surface area contributed by atoms with Gasteiger partial charge in [-0.1, -0.05) is 35.0 Å². The summed E-state index contributed by atoms with van der Waals surface area (Å²) >= 11 is 14.6. The van der Waals surface area contributed by atoms with Gasteiger partial charge in [0.25, 0.3) is 0 Å². The molecule has 1 amide bonds. The molecule has 11 heteroatoms. The van der Waals surface area contributed by atoms with Crippen LogP contribution in [0.5, 0.6) is 5.75 Å². The summed E-state index contributed by atoms with van der Waals surface area (Å²) in [7, 11) is 1.81. The number of halogens is 2. The molecule has 7 nitrogen and oxygen atoms in total. The highest BCUT2D eigenvalue weighted by Crippen LogP contribution is 2.28. The van der Waals surface area contributed by atoms with Crippen LogP contribution in [0.4, 0.5) is 5.13 Å². The van der Waals surface area contributed by atoms with Crippen LogP contribution in [0.25, 0.3) is 0 Å². The van der Waals surface area contributed by atoms with Crippen LogP contribution in [-0.4, -0.2) is 31.4 Å². The van der Waals surface area contributed by atoms with E-state index >= 15 is 0 Å². The van der Waals surface area contributed by atoms with Crippen molar-refractivity contribution in [3.63, 3.8) is 0 Å². The zero-order chi connectivity index (χ0) is 18.5. The maximum absolute atomic E-state index is 11.9. The second-order valence-corrected chi connectivity index (χ2v) is 7.68. The molecule has 0 unspecified atom stereocenters. The summed E-state index contributed by atoms with van der Waals surface area (Å²) in [6.07, 6.45) is 1.63. The van der Waals surface area contributed by atoms with Gasteiger partial charge in [0.1, 0.15) is 12.4 Å². The van der Waals surface area contributed by atoms with Crippen molar-refractivity contribution in [3.8, 4) is 5.75 Å². The van der Waals surface area contributed by atoms with E-state index in [1.165, 1.54) is 23.1 Å². The van der Waals surface area contributed by atoms with Crippen molar-refractivity contribution in [2.24, 2.45) is 7.05 Å². The van der Waals surface area contributed by atoms with Crippen molar-refractivity contribution in [2.45, 2.75) is 11.8 Å². The molecule has 0 aliphatic carbocycles. The number of thiazole rings is 1. The Kier molecular flexibility index (Phi) is 6.36. The number of aromatic nitrogens is 4. The first-order valence-corrected chi connectivity index (χ1v) is 9.93. The number of hydrogen-bond acceptors (Lipinski definition) is 7. The van der Waals surface area contributed by atoms with Crippen LogP contribution < -0.4 is 10.1 Å². The zero-order valence-corrected chi connectivity index (χ0v) is 16.6. The molecule has 0 saturated heterocycles. The third-order valence-corrected chi connectivity index (χ3v) is 5.43. The van der Waals surface area contributed by atoms with Crippen LogP contribution in [0.1, 0.15) is 5.82 Å². The van der Waals surface area contributed by atoms with Crippen LogP contribution in [-0.2, 0) is 18.4 Å². The molecule has 0 bridgehead atoms. The van der Waals surface area contributed by atoms with Gasteiger partial charge in [0, 0.05) is 23.6 Å². The minimum absolute atomic E-state index is 0.154. The summed E-state index contributed by atoms with van der Waals surface area (Å²) in [6.45, 7) is 0.191. The average molecular weight is 430 g/mol. The first kappa shape index (κ1) is 19.0. The highest BCUT2D eigenvalue weighted by Gasteiger charge is 2.13. The minimum Gasteiger partial charge on any atom is -0.484 e. The molecule has 136 valence electrons. The highest BCUT2D eigenvalue weighted by molar-refractivity contribution is 7.99.